The van der Waals surface area contributed by atoms with Gasteiger partial charge in [-0.2, -0.15) is 5.21 Å². The molecule has 6 atom stereocenters. The third-order valence-corrected chi connectivity index (χ3v) is 10.7. The lowest BCUT2D eigenvalue weighted by molar-refractivity contribution is -0.181. The number of nitrogens with zero attached hydrogens (tertiary/aromatic N) is 6. The van der Waals surface area contributed by atoms with E-state index in [2.05, 4.69) is 53.9 Å². The molecule has 2 aromatic heterocycles. The van der Waals surface area contributed by atoms with Crippen molar-refractivity contribution in [3.05, 3.63) is 70.6 Å². The molecule has 12 heteroatoms. The van der Waals surface area contributed by atoms with Crippen molar-refractivity contribution in [2.24, 2.45) is 5.41 Å². The molecule has 0 radical (unpaired) electrons. The van der Waals surface area contributed by atoms with Crippen LogP contribution in [0.4, 0.5) is 5.95 Å². The third-order valence-electron chi connectivity index (χ3n) is 10.4. The summed E-state index contributed by atoms with van der Waals surface area (Å²) in [6, 6.07) is 11.6. The monoisotopic (exact) mass is 571 g/mol. The standard InChI is InChI=1S/C29H26ClN7O4/c1-38-19-8-5-16-13-20-27-9-10-29(39-2,18(14-27)24-32-31-23(41-24)15-3-6-17(30)7-4-15)25-28(27,21(16)22(19)40-25)11-12-37(20)26-33-35-36-34-26/h3-10,18,20,25H,11-14H2,1-2H3,(H,33,34,35,36)/t18-,20+,25-,27+,28-,29+/m0/s1. The van der Waals surface area contributed by atoms with Crippen molar-refractivity contribution >= 4 is 17.5 Å². The Morgan fingerprint density at radius 2 is 1.95 bits per heavy atom. The molecule has 1 saturated heterocycles. The van der Waals surface area contributed by atoms with E-state index in [-0.39, 0.29) is 28.9 Å². The number of fused-ring (bicyclic) bond motifs is 1. The summed E-state index contributed by atoms with van der Waals surface area (Å²) in [7, 11) is 3.45. The van der Waals surface area contributed by atoms with E-state index < -0.39 is 5.60 Å². The summed E-state index contributed by atoms with van der Waals surface area (Å²) in [5.41, 5.74) is 1.81. The number of halogens is 1. The minimum atomic E-state index is -0.830. The highest BCUT2D eigenvalue weighted by Crippen LogP contribution is 2.75. The molecule has 10 rings (SSSR count). The number of hydrogen-bond acceptors (Lipinski definition) is 10. The largest absolute Gasteiger partial charge is 0.493 e. The van der Waals surface area contributed by atoms with Gasteiger partial charge in [0, 0.05) is 41.3 Å². The Hall–Kier alpha value is -3.96. The average molecular weight is 572 g/mol. The van der Waals surface area contributed by atoms with Gasteiger partial charge in [-0.15, -0.1) is 15.3 Å². The van der Waals surface area contributed by atoms with Crippen molar-refractivity contribution < 1.29 is 18.6 Å². The van der Waals surface area contributed by atoms with E-state index in [4.69, 9.17) is 30.2 Å². The van der Waals surface area contributed by atoms with Gasteiger partial charge in [0.1, 0.15) is 11.7 Å². The number of hydrogen-bond donors (Lipinski definition) is 1. The number of benzene rings is 2. The highest BCUT2D eigenvalue weighted by Gasteiger charge is 2.80. The number of aromatic nitrogens is 6. The van der Waals surface area contributed by atoms with Crippen molar-refractivity contribution in [3.63, 3.8) is 0 Å². The van der Waals surface area contributed by atoms with Crippen LogP contribution >= 0.6 is 11.6 Å². The summed E-state index contributed by atoms with van der Waals surface area (Å²) in [6.45, 7) is 0.765. The number of aromatic amines is 1. The van der Waals surface area contributed by atoms with Crippen molar-refractivity contribution in [2.75, 3.05) is 25.7 Å². The summed E-state index contributed by atoms with van der Waals surface area (Å²) >= 11 is 6.12. The molecule has 1 N–H and O–H groups in total. The third kappa shape index (κ3) is 2.67. The highest BCUT2D eigenvalue weighted by atomic mass is 35.5. The Labute approximate surface area is 239 Å². The topological polar surface area (TPSA) is 124 Å². The van der Waals surface area contributed by atoms with Gasteiger partial charge in [0.2, 0.25) is 11.8 Å². The van der Waals surface area contributed by atoms with Crippen LogP contribution in [0, 0.1) is 5.41 Å². The fourth-order valence-electron chi connectivity index (χ4n) is 8.87. The number of rotatable bonds is 5. The van der Waals surface area contributed by atoms with Crippen LogP contribution in [0.15, 0.2) is 53.0 Å². The molecule has 208 valence electrons. The zero-order valence-corrected chi connectivity index (χ0v) is 23.1. The Kier molecular flexibility index (Phi) is 4.55. The molecule has 2 spiro atoms. The predicted molar refractivity (Wildman–Crippen MR) is 146 cm³/mol. The van der Waals surface area contributed by atoms with Crippen LogP contribution in [0.3, 0.4) is 0 Å². The molecule has 4 aliphatic carbocycles. The molecule has 11 nitrogen and oxygen atoms in total. The van der Waals surface area contributed by atoms with Gasteiger partial charge in [-0.05, 0) is 60.4 Å². The normalized spacial score (nSPS) is 33.5. The number of tetrazole rings is 1. The molecule has 1 saturated carbocycles. The number of anilines is 1. The van der Waals surface area contributed by atoms with Gasteiger partial charge >= 0.3 is 0 Å². The molecule has 2 fully saturated rings. The van der Waals surface area contributed by atoms with E-state index in [9.17, 15) is 0 Å². The zero-order chi connectivity index (χ0) is 27.6. The highest BCUT2D eigenvalue weighted by molar-refractivity contribution is 6.30. The molecule has 4 heterocycles. The number of methoxy groups -OCH3 is 2. The Morgan fingerprint density at radius 1 is 1.07 bits per heavy atom. The van der Waals surface area contributed by atoms with E-state index >= 15 is 0 Å². The van der Waals surface area contributed by atoms with Crippen LogP contribution in [0.5, 0.6) is 11.5 Å². The fourth-order valence-corrected chi connectivity index (χ4v) is 9.00. The van der Waals surface area contributed by atoms with Crippen LogP contribution < -0.4 is 14.4 Å². The number of piperidine rings is 1. The van der Waals surface area contributed by atoms with E-state index in [1.807, 2.05) is 30.3 Å². The molecule has 41 heavy (non-hydrogen) atoms. The number of nitrogens with one attached hydrogen (secondary N) is 1. The van der Waals surface area contributed by atoms with E-state index in [0.29, 0.717) is 22.8 Å². The summed E-state index contributed by atoms with van der Waals surface area (Å²) in [5, 5.41) is 25.0. The first-order valence-electron chi connectivity index (χ1n) is 13.8. The van der Waals surface area contributed by atoms with Gasteiger partial charge < -0.3 is 23.5 Å². The molecule has 0 unspecified atom stereocenters. The summed E-state index contributed by atoms with van der Waals surface area (Å²) in [6.07, 6.45) is 6.60. The quantitative estimate of drug-likeness (QED) is 0.353. The van der Waals surface area contributed by atoms with Crippen LogP contribution in [0.25, 0.3) is 11.5 Å². The van der Waals surface area contributed by atoms with E-state index in [1.54, 1.807) is 14.2 Å². The first-order chi connectivity index (χ1) is 20.0. The Balaban J connectivity index is 1.25. The second-order valence-corrected chi connectivity index (χ2v) is 12.1. The summed E-state index contributed by atoms with van der Waals surface area (Å²) in [5.74, 6) is 2.89. The van der Waals surface area contributed by atoms with Crippen molar-refractivity contribution in [1.82, 2.24) is 30.8 Å². The molecule has 4 bridgehead atoms. The molecular formula is C29H26ClN7O4. The maximum Gasteiger partial charge on any atom is 0.266 e. The maximum absolute atomic E-state index is 7.03. The average Bonchev–Trinajstić information content (AvgIpc) is 3.77. The molecule has 6 aliphatic rings. The van der Waals surface area contributed by atoms with Crippen molar-refractivity contribution in [3.8, 4) is 23.0 Å². The smallest absolute Gasteiger partial charge is 0.266 e. The van der Waals surface area contributed by atoms with Gasteiger partial charge in [-0.3, -0.25) is 0 Å². The van der Waals surface area contributed by atoms with Gasteiger partial charge in [-0.25, -0.2) is 0 Å². The lowest BCUT2D eigenvalue weighted by Gasteiger charge is -2.70. The minimum Gasteiger partial charge on any atom is -0.493 e. The van der Waals surface area contributed by atoms with Crippen molar-refractivity contribution in [2.45, 2.75) is 48.3 Å². The zero-order valence-electron chi connectivity index (χ0n) is 22.4. The lowest BCUT2D eigenvalue weighted by Crippen LogP contribution is -2.79. The van der Waals surface area contributed by atoms with Gasteiger partial charge in [-0.1, -0.05) is 34.9 Å². The van der Waals surface area contributed by atoms with Gasteiger partial charge in [0.05, 0.1) is 18.4 Å². The second kappa shape index (κ2) is 7.86. The second-order valence-electron chi connectivity index (χ2n) is 11.6. The first-order valence-corrected chi connectivity index (χ1v) is 14.1. The summed E-state index contributed by atoms with van der Waals surface area (Å²) < 4.78 is 25.8. The van der Waals surface area contributed by atoms with Crippen LogP contribution in [-0.4, -0.2) is 69.3 Å². The Morgan fingerprint density at radius 3 is 2.73 bits per heavy atom. The number of ether oxygens (including phenoxy) is 3. The first kappa shape index (κ1) is 23.7. The van der Waals surface area contributed by atoms with Gasteiger partial charge in [0.25, 0.3) is 5.95 Å². The SMILES string of the molecule is COc1ccc2c3c1O[C@@H]1[C@@]4(OC)C=C[C@@]5(C[C@H]4c4nnc(-c6ccc(Cl)cc6)o4)[C@@H](C2)N(c2nn[nH]n2)CC[C@]315. The molecule has 0 amide bonds. The maximum atomic E-state index is 7.03. The van der Waals surface area contributed by atoms with E-state index in [1.165, 1.54) is 11.1 Å². The molecule has 4 aromatic rings. The molecule has 2 aromatic carbocycles. The fraction of sp³-hybridized carbons (Fsp3) is 0.414. The lowest BCUT2D eigenvalue weighted by atomic mass is 9.37. The summed E-state index contributed by atoms with van der Waals surface area (Å²) in [4.78, 5) is 2.30. The number of H-pyrrole nitrogens is 1. The minimum absolute atomic E-state index is 0.0550. The predicted octanol–water partition coefficient (Wildman–Crippen LogP) is 3.87. The van der Waals surface area contributed by atoms with Crippen molar-refractivity contribution in [1.29, 1.82) is 0 Å². The molecular weight excluding hydrogens is 546 g/mol. The van der Waals surface area contributed by atoms with Crippen LogP contribution in [0.2, 0.25) is 5.02 Å². The van der Waals surface area contributed by atoms with Gasteiger partial charge in [0.15, 0.2) is 11.5 Å². The molecule has 2 aliphatic heterocycles. The van der Waals surface area contributed by atoms with E-state index in [0.717, 1.165) is 42.9 Å². The Bertz CT molecular complexity index is 1730. The van der Waals surface area contributed by atoms with Crippen LogP contribution in [0.1, 0.15) is 35.8 Å². The van der Waals surface area contributed by atoms with Crippen LogP contribution in [-0.2, 0) is 16.6 Å².